The first-order valence-corrected chi connectivity index (χ1v) is 20.4. The van der Waals surface area contributed by atoms with E-state index in [9.17, 15) is 19.0 Å². The zero-order valence-corrected chi connectivity index (χ0v) is 32.0. The van der Waals surface area contributed by atoms with Crippen LogP contribution in [0.25, 0.3) is 0 Å². The van der Waals surface area contributed by atoms with E-state index in [4.69, 9.17) is 24.3 Å². The summed E-state index contributed by atoms with van der Waals surface area (Å²) in [6.45, 7) is 3.47. The molecule has 0 aliphatic carbocycles. The molecule has 0 saturated heterocycles. The first kappa shape index (κ1) is 47.4. The van der Waals surface area contributed by atoms with Crippen LogP contribution in [-0.2, 0) is 32.7 Å². The van der Waals surface area contributed by atoms with Crippen LogP contribution in [-0.4, -0.2) is 49.3 Å². The number of hydrogen-bond acceptors (Lipinski definition) is 8. The van der Waals surface area contributed by atoms with Gasteiger partial charge in [-0.3, -0.25) is 18.6 Å². The van der Waals surface area contributed by atoms with Crippen molar-refractivity contribution >= 4 is 19.8 Å². The van der Waals surface area contributed by atoms with Gasteiger partial charge >= 0.3 is 19.8 Å². The molecule has 10 heteroatoms. The minimum Gasteiger partial charge on any atom is -0.462 e. The lowest BCUT2D eigenvalue weighted by atomic mass is 10.1. The summed E-state index contributed by atoms with van der Waals surface area (Å²) in [5.74, 6) is -0.904. The molecule has 0 rings (SSSR count). The van der Waals surface area contributed by atoms with Crippen LogP contribution in [0.5, 0.6) is 0 Å². The Hall–Kier alpha value is -2.55. The Morgan fingerprint density at radius 3 is 1.68 bits per heavy atom. The van der Waals surface area contributed by atoms with Crippen LogP contribution < -0.4 is 5.73 Å². The zero-order valence-electron chi connectivity index (χ0n) is 31.1. The van der Waals surface area contributed by atoms with E-state index >= 15 is 0 Å². The smallest absolute Gasteiger partial charge is 0.462 e. The first-order chi connectivity index (χ1) is 24.3. The van der Waals surface area contributed by atoms with E-state index in [-0.39, 0.29) is 32.6 Å². The normalized spacial score (nSPS) is 14.2. The van der Waals surface area contributed by atoms with Gasteiger partial charge in [0.1, 0.15) is 6.61 Å². The molecule has 0 aliphatic heterocycles. The van der Waals surface area contributed by atoms with E-state index in [1.165, 1.54) is 12.8 Å². The summed E-state index contributed by atoms with van der Waals surface area (Å²) < 4.78 is 32.6. The second kappa shape index (κ2) is 36.2. The van der Waals surface area contributed by atoms with Crippen molar-refractivity contribution in [2.75, 3.05) is 26.4 Å². The number of unbranched alkanes of at least 4 members (excludes halogenated alkanes) is 9. The summed E-state index contributed by atoms with van der Waals surface area (Å²) in [5.41, 5.74) is 5.33. The third kappa shape index (κ3) is 35.3. The van der Waals surface area contributed by atoms with Crippen LogP contribution in [0.4, 0.5) is 0 Å². The summed E-state index contributed by atoms with van der Waals surface area (Å²) in [4.78, 5) is 34.7. The summed E-state index contributed by atoms with van der Waals surface area (Å²) in [7, 11) is -4.39. The Kier molecular flexibility index (Phi) is 34.4. The zero-order chi connectivity index (χ0) is 36.8. The number of esters is 2. The molecule has 0 radical (unpaired) electrons. The summed E-state index contributed by atoms with van der Waals surface area (Å²) in [6, 6.07) is 0. The van der Waals surface area contributed by atoms with Gasteiger partial charge in [0.15, 0.2) is 6.10 Å². The Morgan fingerprint density at radius 2 is 1.10 bits per heavy atom. The van der Waals surface area contributed by atoms with Crippen LogP contribution in [0.3, 0.4) is 0 Å². The Morgan fingerprint density at radius 1 is 0.620 bits per heavy atom. The lowest BCUT2D eigenvalue weighted by Crippen LogP contribution is -2.29. The van der Waals surface area contributed by atoms with Crippen LogP contribution in [0.2, 0.25) is 0 Å². The summed E-state index contributed by atoms with van der Waals surface area (Å²) in [6.07, 6.45) is 42.2. The fourth-order valence-electron chi connectivity index (χ4n) is 4.52. The molecule has 0 aliphatic rings. The van der Waals surface area contributed by atoms with Crippen LogP contribution in [0.15, 0.2) is 72.9 Å². The molecule has 0 amide bonds. The number of carbonyl (C=O) groups is 2. The molecular weight excluding hydrogens is 653 g/mol. The van der Waals surface area contributed by atoms with E-state index < -0.39 is 32.5 Å². The maximum atomic E-state index is 12.5. The standard InChI is InChI=1S/C40H68NO8P/c1-3-5-7-9-11-13-15-17-19-21-22-24-26-28-30-32-39(42)46-36-38(37-48-50(44,45)47-35-34-41)49-40(43)33-31-29-27-25-23-20-18-16-14-12-10-8-6-4-2/h5,7,10-13,16-19,22,24,38H,3-4,6,8-9,14-15,20-21,23,25-37,41H2,1-2H3,(H,44,45)/b7-5+,12-10+,13-11+,18-16+,19-17+,24-22+/t38-/m1/s1. The molecule has 0 fully saturated rings. The van der Waals surface area contributed by atoms with Gasteiger partial charge in [-0.15, -0.1) is 0 Å². The number of carbonyl (C=O) groups excluding carboxylic acids is 2. The minimum atomic E-state index is -4.39. The number of allylic oxidation sites excluding steroid dienone is 12. The Balaban J connectivity index is 4.35. The van der Waals surface area contributed by atoms with Gasteiger partial charge in [0.2, 0.25) is 0 Å². The predicted octanol–water partition coefficient (Wildman–Crippen LogP) is 10.3. The van der Waals surface area contributed by atoms with Crippen molar-refractivity contribution < 1.29 is 37.6 Å². The third-order valence-corrected chi connectivity index (χ3v) is 8.31. The average molecular weight is 722 g/mol. The third-order valence-electron chi connectivity index (χ3n) is 7.33. The van der Waals surface area contributed by atoms with Crippen molar-refractivity contribution in [1.82, 2.24) is 0 Å². The average Bonchev–Trinajstić information content (AvgIpc) is 3.10. The van der Waals surface area contributed by atoms with Crippen molar-refractivity contribution in [3.63, 3.8) is 0 Å². The number of ether oxygens (including phenoxy) is 2. The lowest BCUT2D eigenvalue weighted by molar-refractivity contribution is -0.161. The minimum absolute atomic E-state index is 0.0414. The molecule has 1 unspecified atom stereocenters. The van der Waals surface area contributed by atoms with Gasteiger partial charge < -0.3 is 20.1 Å². The summed E-state index contributed by atoms with van der Waals surface area (Å²) in [5, 5.41) is 0. The highest BCUT2D eigenvalue weighted by Gasteiger charge is 2.25. The molecule has 0 aromatic rings. The fourth-order valence-corrected chi connectivity index (χ4v) is 5.29. The molecule has 0 heterocycles. The number of nitrogens with two attached hydrogens (primary N) is 1. The van der Waals surface area contributed by atoms with Gasteiger partial charge in [-0.1, -0.05) is 119 Å². The van der Waals surface area contributed by atoms with Crippen molar-refractivity contribution in [3.8, 4) is 0 Å². The molecule has 0 aromatic heterocycles. The molecule has 0 aromatic carbocycles. The molecule has 3 N–H and O–H groups in total. The second-order valence-corrected chi connectivity index (χ2v) is 13.5. The van der Waals surface area contributed by atoms with Crippen LogP contribution in [0.1, 0.15) is 136 Å². The molecule has 0 spiro atoms. The molecule has 9 nitrogen and oxygen atoms in total. The van der Waals surface area contributed by atoms with E-state index in [1.54, 1.807) is 0 Å². The van der Waals surface area contributed by atoms with Gasteiger partial charge in [-0.05, 0) is 77.0 Å². The van der Waals surface area contributed by atoms with Gasteiger partial charge in [0, 0.05) is 19.4 Å². The van der Waals surface area contributed by atoms with E-state index in [1.807, 2.05) is 0 Å². The highest BCUT2D eigenvalue weighted by Crippen LogP contribution is 2.43. The highest BCUT2D eigenvalue weighted by atomic mass is 31.2. The molecule has 2 atom stereocenters. The largest absolute Gasteiger partial charge is 0.472 e. The molecular formula is C40H68NO8P. The maximum Gasteiger partial charge on any atom is 0.472 e. The van der Waals surface area contributed by atoms with Crippen molar-refractivity contribution in [2.24, 2.45) is 5.73 Å². The number of phosphoric acid groups is 1. The fraction of sp³-hybridized carbons (Fsp3) is 0.650. The molecule has 0 bridgehead atoms. The highest BCUT2D eigenvalue weighted by molar-refractivity contribution is 7.47. The van der Waals surface area contributed by atoms with Crippen molar-refractivity contribution in [3.05, 3.63) is 72.9 Å². The SMILES string of the molecule is CC/C=C/C/C=C/C/C=C/C/C=C/CCCCC(=O)OC[C@H](COP(=O)(O)OCCN)OC(=O)CCCCCCC/C=C/C/C=C/CCCC. The number of hydrogen-bond donors (Lipinski definition) is 2. The number of phosphoric ester groups is 1. The summed E-state index contributed by atoms with van der Waals surface area (Å²) >= 11 is 0. The lowest BCUT2D eigenvalue weighted by Gasteiger charge is -2.19. The Bertz CT molecular complexity index is 1050. The second-order valence-electron chi connectivity index (χ2n) is 12.1. The molecule has 0 saturated carbocycles. The monoisotopic (exact) mass is 721 g/mol. The van der Waals surface area contributed by atoms with Gasteiger partial charge in [-0.25, -0.2) is 4.57 Å². The van der Waals surface area contributed by atoms with Crippen LogP contribution >= 0.6 is 7.82 Å². The van der Waals surface area contributed by atoms with Crippen molar-refractivity contribution in [1.29, 1.82) is 0 Å². The maximum absolute atomic E-state index is 12.5. The molecule has 286 valence electrons. The van der Waals surface area contributed by atoms with Gasteiger partial charge in [0.25, 0.3) is 0 Å². The van der Waals surface area contributed by atoms with E-state index in [0.29, 0.717) is 12.8 Å². The van der Waals surface area contributed by atoms with Crippen molar-refractivity contribution in [2.45, 2.75) is 142 Å². The Labute approximate surface area is 303 Å². The molecule has 50 heavy (non-hydrogen) atoms. The quantitative estimate of drug-likeness (QED) is 0.0288. The first-order valence-electron chi connectivity index (χ1n) is 18.9. The van der Waals surface area contributed by atoms with E-state index in [0.717, 1.165) is 83.5 Å². The topological polar surface area (TPSA) is 134 Å². The predicted molar refractivity (Wildman–Crippen MR) is 206 cm³/mol. The van der Waals surface area contributed by atoms with Crippen LogP contribution in [0, 0.1) is 0 Å². The van der Waals surface area contributed by atoms with Gasteiger partial charge in [-0.2, -0.15) is 0 Å². The number of rotatable bonds is 34. The van der Waals surface area contributed by atoms with Gasteiger partial charge in [0.05, 0.1) is 13.2 Å². The van der Waals surface area contributed by atoms with E-state index in [2.05, 4.69) is 86.8 Å².